The Kier molecular flexibility index (Phi) is 31.4. The van der Waals surface area contributed by atoms with Crippen molar-refractivity contribution in [2.24, 2.45) is 0 Å². The van der Waals surface area contributed by atoms with Gasteiger partial charge in [-0.3, -0.25) is 4.98 Å². The van der Waals surface area contributed by atoms with Crippen LogP contribution in [-0.2, 0) is 40.2 Å². The standard InChI is InChI=1S/C20H17NO.C20H16NO.4C12H10N.2CH4O.2Ir/c2*1-13(2)14-10-11-21-18(12-14)17-8-5-7-16-15-6-3-4-9-19(15)22-20(16)17;4*1-10-7-8-13-12(9-10)11-5-3-2-4-6-11;2*1-2;;/h3-13H,1-2H3;3-7,9-13H,1-2H3;4*2-5,7-9H,1H3;2*2H,1H3;;/q;5*-1;;;2*+3. The van der Waals surface area contributed by atoms with Crippen molar-refractivity contribution in [2.45, 2.75) is 67.2 Å². The van der Waals surface area contributed by atoms with E-state index in [1.54, 1.807) is 0 Å². The van der Waals surface area contributed by atoms with Crippen molar-refractivity contribution >= 4 is 43.9 Å². The molecular formula is C90H81Ir2N6O4+. The van der Waals surface area contributed by atoms with E-state index in [2.05, 4.69) is 201 Å². The average Bonchev–Trinajstić information content (AvgIpc) is 1.62. The second-order valence-electron chi connectivity index (χ2n) is 23.7. The molecule has 16 aromatic rings. The summed E-state index contributed by atoms with van der Waals surface area (Å²) in [5.41, 5.74) is 23.0. The first-order chi connectivity index (χ1) is 48.9. The Morgan fingerprint density at radius 1 is 0.294 bits per heavy atom. The maximum Gasteiger partial charge on any atom is 3.00 e. The number of rotatable bonds is 8. The SMILES string of the molecule is CC(C)c1ccnc(-c2[c-]ccc3c2oc2ccccc23)c1.CC(C)c1ccnc(-c2cccc3c2oc2ccccc23)c1.CO.CO.Cc1ccnc(-c2[c-]cccc2)c1.Cc1ccnc(-c2[c-]cccc2)c1.Cc1ccnc(-c2[c-]cccc2)c1.Cc1ccnc(-c2[c-]cccc2)c1.[Ir+3].[Ir+3]. The molecule has 0 aliphatic rings. The van der Waals surface area contributed by atoms with Gasteiger partial charge in [-0.2, -0.15) is 0 Å². The molecule has 0 bridgehead atoms. The zero-order valence-corrected chi connectivity index (χ0v) is 63.6. The number of aliphatic hydroxyl groups is 2. The maximum absolute atomic E-state index is 7.00. The van der Waals surface area contributed by atoms with Gasteiger partial charge in [-0.15, -0.1) is 162 Å². The van der Waals surface area contributed by atoms with E-state index in [1.807, 2.05) is 201 Å². The Balaban J connectivity index is 0.000000172. The summed E-state index contributed by atoms with van der Waals surface area (Å²) in [5, 5.41) is 18.5. The number of aromatic nitrogens is 6. The number of hydrogen-bond donors (Lipinski definition) is 2. The molecule has 0 amide bonds. The van der Waals surface area contributed by atoms with E-state index in [4.69, 9.17) is 19.0 Å². The third kappa shape index (κ3) is 21.7. The van der Waals surface area contributed by atoms with Crippen molar-refractivity contribution in [3.05, 3.63) is 350 Å². The van der Waals surface area contributed by atoms with Crippen molar-refractivity contribution in [3.63, 3.8) is 0 Å². The normalized spacial score (nSPS) is 10.2. The van der Waals surface area contributed by atoms with Crippen molar-refractivity contribution in [1.29, 1.82) is 0 Å². The first-order valence-corrected chi connectivity index (χ1v) is 33.1. The van der Waals surface area contributed by atoms with Crippen molar-refractivity contribution in [2.75, 3.05) is 14.2 Å². The zero-order valence-electron chi connectivity index (χ0n) is 58.9. The van der Waals surface area contributed by atoms with Crippen LogP contribution in [0.25, 0.3) is 111 Å². The Hall–Kier alpha value is -10.5. The minimum Gasteiger partial charge on any atom is -0.501 e. The Morgan fingerprint density at radius 2 is 0.618 bits per heavy atom. The Bertz CT molecular complexity index is 4660. The van der Waals surface area contributed by atoms with Crippen molar-refractivity contribution in [1.82, 2.24) is 29.9 Å². The van der Waals surface area contributed by atoms with Crippen LogP contribution in [0.15, 0.2) is 295 Å². The van der Waals surface area contributed by atoms with Crippen molar-refractivity contribution in [3.8, 4) is 67.5 Å². The summed E-state index contributed by atoms with van der Waals surface area (Å²) in [7, 11) is 2.00. The summed E-state index contributed by atoms with van der Waals surface area (Å²) in [6, 6.07) is 98.5. The summed E-state index contributed by atoms with van der Waals surface area (Å²) in [6.07, 6.45) is 11.0. The van der Waals surface area contributed by atoms with Gasteiger partial charge in [0.25, 0.3) is 0 Å². The van der Waals surface area contributed by atoms with Crippen LogP contribution in [0.3, 0.4) is 0 Å². The number of aryl methyl sites for hydroxylation is 4. The average molecular weight is 1700 g/mol. The predicted molar refractivity (Wildman–Crippen MR) is 410 cm³/mol. The summed E-state index contributed by atoms with van der Waals surface area (Å²) in [4.78, 5) is 26.2. The van der Waals surface area contributed by atoms with Crippen LogP contribution in [0, 0.1) is 58.0 Å². The number of fused-ring (bicyclic) bond motifs is 6. The van der Waals surface area contributed by atoms with E-state index in [9.17, 15) is 0 Å². The fraction of sp³-hybridized carbons (Fsp3) is 0.133. The third-order valence-corrected chi connectivity index (χ3v) is 15.8. The number of para-hydroxylation sites is 3. The van der Waals surface area contributed by atoms with Gasteiger partial charge in [0.1, 0.15) is 16.7 Å². The van der Waals surface area contributed by atoms with Gasteiger partial charge in [-0.1, -0.05) is 145 Å². The quantitative estimate of drug-likeness (QED) is 0.141. The fourth-order valence-electron chi connectivity index (χ4n) is 10.7. The van der Waals surface area contributed by atoms with Crippen LogP contribution in [0.4, 0.5) is 0 Å². The van der Waals surface area contributed by atoms with E-state index in [0.717, 1.165) is 126 Å². The van der Waals surface area contributed by atoms with Crippen LogP contribution in [-0.4, -0.2) is 54.3 Å². The van der Waals surface area contributed by atoms with E-state index >= 15 is 0 Å². The monoisotopic (exact) mass is 1700 g/mol. The molecule has 12 heteroatoms. The topological polar surface area (TPSA) is 144 Å². The summed E-state index contributed by atoms with van der Waals surface area (Å²) < 4.78 is 12.2. The molecule has 0 spiro atoms. The van der Waals surface area contributed by atoms with Crippen LogP contribution in [0.5, 0.6) is 0 Å². The first-order valence-electron chi connectivity index (χ1n) is 33.1. The largest absolute Gasteiger partial charge is 3.00 e. The van der Waals surface area contributed by atoms with E-state index in [-0.39, 0.29) is 40.2 Å². The van der Waals surface area contributed by atoms with E-state index < -0.39 is 0 Å². The van der Waals surface area contributed by atoms with Gasteiger partial charge in [0.05, 0.1) is 11.3 Å². The van der Waals surface area contributed by atoms with Gasteiger partial charge in [0, 0.05) is 73.1 Å². The minimum absolute atomic E-state index is 0. The van der Waals surface area contributed by atoms with Gasteiger partial charge in [-0.05, 0) is 134 Å². The molecule has 0 fully saturated rings. The van der Waals surface area contributed by atoms with Crippen LogP contribution in [0.1, 0.15) is 72.9 Å². The van der Waals surface area contributed by atoms with Gasteiger partial charge < -0.3 is 44.0 Å². The molecule has 0 radical (unpaired) electrons. The molecule has 102 heavy (non-hydrogen) atoms. The zero-order chi connectivity index (χ0) is 70.6. The molecule has 8 aromatic heterocycles. The molecule has 0 aliphatic heterocycles. The number of aliphatic hydroxyl groups excluding tert-OH is 2. The molecular weight excluding hydrogens is 1610 g/mol. The number of benzene rings is 8. The maximum atomic E-state index is 7.00. The molecule has 512 valence electrons. The van der Waals surface area contributed by atoms with E-state index in [0.29, 0.717) is 11.8 Å². The van der Waals surface area contributed by atoms with Gasteiger partial charge in [0.15, 0.2) is 0 Å². The second-order valence-corrected chi connectivity index (χ2v) is 23.7. The molecule has 0 saturated carbocycles. The van der Waals surface area contributed by atoms with Crippen LogP contribution >= 0.6 is 0 Å². The van der Waals surface area contributed by atoms with Crippen LogP contribution in [0.2, 0.25) is 0 Å². The predicted octanol–water partition coefficient (Wildman–Crippen LogP) is 22.0. The van der Waals surface area contributed by atoms with Gasteiger partial charge in [0.2, 0.25) is 0 Å². The molecule has 2 N–H and O–H groups in total. The number of furan rings is 2. The molecule has 0 aliphatic carbocycles. The van der Waals surface area contributed by atoms with E-state index in [1.165, 1.54) is 33.4 Å². The van der Waals surface area contributed by atoms with Gasteiger partial charge >= 0.3 is 40.2 Å². The first kappa shape index (κ1) is 78.8. The summed E-state index contributed by atoms with van der Waals surface area (Å²) in [5.74, 6) is 0.952. The molecule has 0 unspecified atom stereocenters. The third-order valence-electron chi connectivity index (χ3n) is 15.8. The summed E-state index contributed by atoms with van der Waals surface area (Å²) in [6.45, 7) is 17.0. The summed E-state index contributed by atoms with van der Waals surface area (Å²) >= 11 is 0. The number of hydrogen-bond acceptors (Lipinski definition) is 10. The molecule has 0 saturated heterocycles. The van der Waals surface area contributed by atoms with Gasteiger partial charge in [-0.25, -0.2) is 0 Å². The molecule has 0 atom stereocenters. The molecule has 8 heterocycles. The van der Waals surface area contributed by atoms with Crippen LogP contribution < -0.4 is 0 Å². The molecule has 8 aromatic carbocycles. The fourth-order valence-corrected chi connectivity index (χ4v) is 10.7. The Morgan fingerprint density at radius 3 is 0.990 bits per heavy atom. The smallest absolute Gasteiger partial charge is 0.501 e. The minimum atomic E-state index is 0. The number of nitrogens with zero attached hydrogens (tertiary/aromatic N) is 6. The Labute approximate surface area is 627 Å². The molecule has 16 rings (SSSR count). The van der Waals surface area contributed by atoms with Crippen molar-refractivity contribution < 1.29 is 59.3 Å². The number of pyridine rings is 6. The second kappa shape index (κ2) is 40.7. The molecule has 10 nitrogen and oxygen atoms in total.